The van der Waals surface area contributed by atoms with Crippen LogP contribution < -0.4 is 14.9 Å². The second-order valence-corrected chi connectivity index (χ2v) is 14.7. The standard InChI is InChI=1S/C17H14F3N3O4S.C10H11F3N2O2.C7H4ClNO2S/c1-27-14-8-11(6-7-13(14)24)9-21-23(10-17(18,19)20)16-12-4-2-3-5-15(12)28(25,26)22-16;1-17-9-4-7(2-3-8(9)16)5-14-15-6-10(11,12)13;8-7-5-3-1-2-4-6(5)12(10,11)9-7/h2-9,24H,10H2,1H3;2-5,15-16H,6H2,1H3;1-4H/b21-9+;14-5+;. The topological polar surface area (TPSA) is 192 Å². The van der Waals surface area contributed by atoms with Gasteiger partial charge in [-0.15, -0.1) is 8.80 Å². The number of fused-ring (bicyclic) bond motifs is 2. The molecule has 23 heteroatoms. The minimum Gasteiger partial charge on any atom is -0.504 e. The molecule has 6 rings (SSSR count). The van der Waals surface area contributed by atoms with Crippen LogP contribution in [0.1, 0.15) is 22.3 Å². The lowest BCUT2D eigenvalue weighted by Crippen LogP contribution is -2.35. The lowest BCUT2D eigenvalue weighted by Gasteiger charge is -2.20. The third kappa shape index (κ3) is 12.1. The molecule has 0 atom stereocenters. The number of hydrogen-bond acceptors (Lipinski definition) is 12. The number of aromatic hydroxyl groups is 2. The molecule has 0 unspecified atom stereocenters. The highest BCUT2D eigenvalue weighted by atomic mass is 35.5. The summed E-state index contributed by atoms with van der Waals surface area (Å²) < 4.78 is 138. The van der Waals surface area contributed by atoms with Crippen LogP contribution in [-0.2, 0) is 20.0 Å². The molecule has 304 valence electrons. The van der Waals surface area contributed by atoms with E-state index < -0.39 is 51.3 Å². The summed E-state index contributed by atoms with van der Waals surface area (Å²) in [6.07, 6.45) is -6.67. The number of benzene rings is 4. The third-order valence-corrected chi connectivity index (χ3v) is 10.2. The normalized spacial score (nSPS) is 15.0. The number of phenolic OH excluding ortho intramolecular Hbond substituents is 2. The average Bonchev–Trinajstić information content (AvgIpc) is 3.56. The molecular formula is C34H29ClF6N6O8S2. The lowest BCUT2D eigenvalue weighted by atomic mass is 10.2. The van der Waals surface area contributed by atoms with E-state index in [1.54, 1.807) is 18.2 Å². The molecule has 2 aliphatic rings. The first-order valence-electron chi connectivity index (χ1n) is 15.6. The molecule has 0 saturated carbocycles. The molecule has 0 radical (unpaired) electrons. The van der Waals surface area contributed by atoms with E-state index in [-0.39, 0.29) is 43.5 Å². The van der Waals surface area contributed by atoms with Gasteiger partial charge in [-0.2, -0.15) is 53.4 Å². The van der Waals surface area contributed by atoms with Crippen LogP contribution in [0.25, 0.3) is 0 Å². The summed E-state index contributed by atoms with van der Waals surface area (Å²) in [5, 5.41) is 26.6. The second kappa shape index (κ2) is 17.9. The van der Waals surface area contributed by atoms with Crippen LogP contribution >= 0.6 is 11.6 Å². The summed E-state index contributed by atoms with van der Waals surface area (Å²) in [4.78, 5) is 0.00803. The van der Waals surface area contributed by atoms with Gasteiger partial charge in [0.2, 0.25) is 0 Å². The number of nitrogens with one attached hydrogen (secondary N) is 1. The van der Waals surface area contributed by atoms with E-state index in [9.17, 15) is 53.4 Å². The van der Waals surface area contributed by atoms with E-state index in [0.29, 0.717) is 21.7 Å². The Bertz CT molecular complexity index is 2440. The number of methoxy groups -OCH3 is 2. The van der Waals surface area contributed by atoms with Crippen LogP contribution in [0.15, 0.2) is 114 Å². The Kier molecular flexibility index (Phi) is 13.8. The number of nitrogens with zero attached hydrogens (tertiary/aromatic N) is 5. The zero-order valence-electron chi connectivity index (χ0n) is 29.2. The van der Waals surface area contributed by atoms with Gasteiger partial charge in [-0.05, 0) is 65.7 Å². The van der Waals surface area contributed by atoms with Crippen molar-refractivity contribution in [2.45, 2.75) is 22.1 Å². The van der Waals surface area contributed by atoms with Gasteiger partial charge in [0.05, 0.1) is 31.5 Å². The predicted octanol–water partition coefficient (Wildman–Crippen LogP) is 6.01. The van der Waals surface area contributed by atoms with E-state index >= 15 is 0 Å². The molecule has 57 heavy (non-hydrogen) atoms. The maximum Gasteiger partial charge on any atom is 0.408 e. The number of hydrogen-bond donors (Lipinski definition) is 3. The summed E-state index contributed by atoms with van der Waals surface area (Å²) >= 11 is 5.60. The highest BCUT2D eigenvalue weighted by Crippen LogP contribution is 2.31. The Morgan fingerprint density at radius 3 is 1.74 bits per heavy atom. The zero-order valence-corrected chi connectivity index (χ0v) is 31.6. The first kappa shape index (κ1) is 43.9. The summed E-state index contributed by atoms with van der Waals surface area (Å²) in [5.41, 5.74) is 3.23. The van der Waals surface area contributed by atoms with Gasteiger partial charge in [0.15, 0.2) is 34.0 Å². The van der Waals surface area contributed by atoms with Crippen molar-refractivity contribution in [1.82, 2.24) is 10.4 Å². The highest BCUT2D eigenvalue weighted by Gasteiger charge is 2.38. The molecule has 0 aliphatic carbocycles. The van der Waals surface area contributed by atoms with Gasteiger partial charge in [0, 0.05) is 11.1 Å². The Labute approximate surface area is 326 Å². The maximum absolute atomic E-state index is 13.1. The fourth-order valence-corrected chi connectivity index (χ4v) is 7.42. The Hall–Kier alpha value is -5.87. The van der Waals surface area contributed by atoms with Gasteiger partial charge < -0.3 is 25.1 Å². The molecule has 0 amide bonds. The summed E-state index contributed by atoms with van der Waals surface area (Å²) in [6, 6.07) is 20.4. The van der Waals surface area contributed by atoms with E-state index in [4.69, 9.17) is 21.1 Å². The minimum absolute atomic E-state index is 0.0344. The van der Waals surface area contributed by atoms with Gasteiger partial charge >= 0.3 is 12.4 Å². The molecule has 2 heterocycles. The Morgan fingerprint density at radius 2 is 1.23 bits per heavy atom. The monoisotopic (exact) mass is 862 g/mol. The number of phenols is 2. The molecule has 4 aromatic rings. The van der Waals surface area contributed by atoms with Crippen LogP contribution in [-0.4, -0.2) is 95.2 Å². The van der Waals surface area contributed by atoms with Crippen molar-refractivity contribution in [1.29, 1.82) is 0 Å². The van der Waals surface area contributed by atoms with Crippen LogP contribution in [0.3, 0.4) is 0 Å². The first-order chi connectivity index (χ1) is 26.6. The van der Waals surface area contributed by atoms with Gasteiger partial charge in [0.25, 0.3) is 20.0 Å². The number of hydrazone groups is 2. The van der Waals surface area contributed by atoms with Crippen molar-refractivity contribution in [3.05, 3.63) is 107 Å². The molecule has 0 spiro atoms. The molecule has 14 nitrogen and oxygen atoms in total. The fraction of sp³-hybridized carbons (Fsp3) is 0.176. The molecular weight excluding hydrogens is 834 g/mol. The van der Waals surface area contributed by atoms with Crippen molar-refractivity contribution in [3.63, 3.8) is 0 Å². The molecule has 4 aromatic carbocycles. The second-order valence-electron chi connectivity index (χ2n) is 11.2. The van der Waals surface area contributed by atoms with Crippen LogP contribution in [0.5, 0.6) is 23.0 Å². The van der Waals surface area contributed by atoms with Crippen LogP contribution in [0.4, 0.5) is 26.3 Å². The quantitative estimate of drug-likeness (QED) is 0.107. The predicted molar refractivity (Wildman–Crippen MR) is 198 cm³/mol. The van der Waals surface area contributed by atoms with Crippen LogP contribution in [0, 0.1) is 0 Å². The Morgan fingerprint density at radius 1 is 0.737 bits per heavy atom. The smallest absolute Gasteiger partial charge is 0.408 e. The van der Waals surface area contributed by atoms with E-state index in [1.165, 1.54) is 87.2 Å². The molecule has 0 fully saturated rings. The van der Waals surface area contributed by atoms with Crippen molar-refractivity contribution in [2.24, 2.45) is 19.0 Å². The van der Waals surface area contributed by atoms with E-state index in [0.717, 1.165) is 6.21 Å². The number of rotatable bonds is 8. The number of ether oxygens (including phenoxy) is 2. The highest BCUT2D eigenvalue weighted by molar-refractivity contribution is 7.91. The van der Waals surface area contributed by atoms with Crippen molar-refractivity contribution in [3.8, 4) is 23.0 Å². The number of amidine groups is 1. The van der Waals surface area contributed by atoms with E-state index in [1.807, 2.05) is 5.43 Å². The first-order valence-corrected chi connectivity index (χ1v) is 18.9. The van der Waals surface area contributed by atoms with Crippen molar-refractivity contribution >= 4 is 55.1 Å². The SMILES string of the molecule is COc1cc(/C=N/N(CC(F)(F)F)C2=NS(=O)(=O)c3ccccc32)ccc1O.COc1cc(/C=N/NCC(F)(F)F)ccc1O.O=S1(=O)N=C(Cl)c2ccccc21. The van der Waals surface area contributed by atoms with Crippen molar-refractivity contribution < 1.29 is 62.9 Å². The molecule has 0 aromatic heterocycles. The van der Waals surface area contributed by atoms with Gasteiger partial charge in [-0.1, -0.05) is 41.9 Å². The molecule has 0 saturated heterocycles. The number of sulfonamides is 2. The lowest BCUT2D eigenvalue weighted by molar-refractivity contribution is -0.137. The minimum atomic E-state index is -4.66. The van der Waals surface area contributed by atoms with Gasteiger partial charge in [-0.25, -0.2) is 5.01 Å². The summed E-state index contributed by atoms with van der Waals surface area (Å²) in [6.45, 7) is -2.74. The molecule has 3 N–H and O–H groups in total. The van der Waals surface area contributed by atoms with Gasteiger partial charge in [-0.3, -0.25) is 0 Å². The largest absolute Gasteiger partial charge is 0.504 e. The zero-order chi connectivity index (χ0) is 42.2. The van der Waals surface area contributed by atoms with Crippen molar-refractivity contribution in [2.75, 3.05) is 27.3 Å². The van der Waals surface area contributed by atoms with Gasteiger partial charge in [0.1, 0.15) is 18.0 Å². The van der Waals surface area contributed by atoms with E-state index in [2.05, 4.69) is 19.0 Å². The third-order valence-electron chi connectivity index (χ3n) is 7.11. The fourth-order valence-electron chi connectivity index (χ4n) is 4.62. The maximum atomic E-state index is 13.1. The van der Waals surface area contributed by atoms with Crippen LogP contribution in [0.2, 0.25) is 0 Å². The average molecular weight is 863 g/mol. The molecule has 0 bridgehead atoms. The number of alkyl halides is 6. The Balaban J connectivity index is 0.000000210. The summed E-state index contributed by atoms with van der Waals surface area (Å²) in [5.74, 6) is -0.281. The summed E-state index contributed by atoms with van der Waals surface area (Å²) in [7, 11) is -4.91. The molecule has 2 aliphatic heterocycles. The number of halogens is 7.